The number of aliphatic hydroxyl groups excluding tert-OH is 2. The molecule has 0 aromatic rings. The van der Waals surface area contributed by atoms with E-state index in [-0.39, 0.29) is 12.5 Å². The minimum absolute atomic E-state index is 0.0290. The van der Waals surface area contributed by atoms with Crippen LogP contribution < -0.4 is 5.32 Å². The smallest absolute Gasteiger partial charge is 0.220 e. The average molecular weight is 762 g/mol. The first-order chi connectivity index (χ1) is 26.7. The molecule has 0 aliphatic heterocycles. The van der Waals surface area contributed by atoms with E-state index in [2.05, 4.69) is 31.3 Å². The monoisotopic (exact) mass is 762 g/mol. The molecule has 0 fully saturated rings. The molecule has 1 amide bonds. The number of rotatable bonds is 46. The summed E-state index contributed by atoms with van der Waals surface area (Å²) in [6.45, 7) is 4.39. The van der Waals surface area contributed by atoms with Gasteiger partial charge in [-0.3, -0.25) is 4.79 Å². The lowest BCUT2D eigenvalue weighted by Crippen LogP contribution is -2.45. The number of carbonyl (C=O) groups excluding carboxylic acids is 1. The molecule has 0 aliphatic rings. The Morgan fingerprint density at radius 2 is 0.704 bits per heavy atom. The van der Waals surface area contributed by atoms with Gasteiger partial charge in [0.1, 0.15) is 0 Å². The van der Waals surface area contributed by atoms with Crippen LogP contribution in [0.3, 0.4) is 0 Å². The molecule has 0 saturated heterocycles. The van der Waals surface area contributed by atoms with Crippen LogP contribution in [0.5, 0.6) is 0 Å². The minimum atomic E-state index is -0.657. The molecule has 0 spiro atoms. The van der Waals surface area contributed by atoms with Gasteiger partial charge in [0.05, 0.1) is 18.8 Å². The molecule has 2 atom stereocenters. The highest BCUT2D eigenvalue weighted by atomic mass is 16.3. The van der Waals surface area contributed by atoms with Crippen LogP contribution in [-0.2, 0) is 4.79 Å². The summed E-state index contributed by atoms with van der Waals surface area (Å²) in [6.07, 6.45) is 58.8. The number of hydrogen-bond donors (Lipinski definition) is 3. The summed E-state index contributed by atoms with van der Waals surface area (Å²) in [5.74, 6) is -0.0290. The van der Waals surface area contributed by atoms with Crippen LogP contribution in [0.15, 0.2) is 12.2 Å². The van der Waals surface area contributed by atoms with Crippen molar-refractivity contribution in [1.29, 1.82) is 0 Å². The van der Waals surface area contributed by atoms with E-state index in [9.17, 15) is 15.0 Å². The van der Waals surface area contributed by atoms with E-state index >= 15 is 0 Å². The lowest BCUT2D eigenvalue weighted by atomic mass is 10.0. The highest BCUT2D eigenvalue weighted by molar-refractivity contribution is 5.76. The number of aliphatic hydroxyl groups is 2. The Morgan fingerprint density at radius 3 is 1.02 bits per heavy atom. The molecule has 0 aromatic heterocycles. The second-order valence-corrected chi connectivity index (χ2v) is 17.2. The van der Waals surface area contributed by atoms with Crippen LogP contribution >= 0.6 is 0 Å². The predicted molar refractivity (Wildman–Crippen MR) is 239 cm³/mol. The van der Waals surface area contributed by atoms with Crippen LogP contribution in [0.25, 0.3) is 0 Å². The number of nitrogens with one attached hydrogen (secondary N) is 1. The molecular formula is C50H99NO3. The molecule has 322 valence electrons. The highest BCUT2D eigenvalue weighted by Gasteiger charge is 2.20. The maximum absolute atomic E-state index is 12.4. The van der Waals surface area contributed by atoms with Crippen LogP contribution in [0.1, 0.15) is 284 Å². The molecule has 0 radical (unpaired) electrons. The largest absolute Gasteiger partial charge is 0.394 e. The summed E-state index contributed by atoms with van der Waals surface area (Å²) in [4.78, 5) is 12.4. The quantitative estimate of drug-likeness (QED) is 0.0427. The molecule has 0 aromatic carbocycles. The van der Waals surface area contributed by atoms with Gasteiger partial charge >= 0.3 is 0 Å². The standard InChI is InChI=1S/C50H99NO3/c1-3-5-7-9-11-13-15-17-19-21-22-23-24-25-26-27-28-30-32-34-36-38-40-42-44-46-50(54)51-48(47-52)49(53)45-43-41-39-37-35-33-31-29-20-18-16-14-12-10-8-6-4-2/h25-26,48-49,52-53H,3-24,27-47H2,1-2H3,(H,51,54)/b26-25-. The molecule has 3 N–H and O–H groups in total. The van der Waals surface area contributed by atoms with E-state index in [4.69, 9.17) is 0 Å². The lowest BCUT2D eigenvalue weighted by molar-refractivity contribution is -0.123. The van der Waals surface area contributed by atoms with Gasteiger partial charge < -0.3 is 15.5 Å². The third kappa shape index (κ3) is 42.3. The van der Waals surface area contributed by atoms with Crippen LogP contribution in [0.4, 0.5) is 0 Å². The molecule has 4 heteroatoms. The molecular weight excluding hydrogens is 663 g/mol. The fourth-order valence-corrected chi connectivity index (χ4v) is 7.95. The van der Waals surface area contributed by atoms with Crippen molar-refractivity contribution in [2.75, 3.05) is 6.61 Å². The summed E-state index contributed by atoms with van der Waals surface area (Å²) in [5.41, 5.74) is 0. The number of amides is 1. The fraction of sp³-hybridized carbons (Fsp3) is 0.940. The Hall–Kier alpha value is -0.870. The van der Waals surface area contributed by atoms with E-state index in [0.717, 1.165) is 25.7 Å². The number of allylic oxidation sites excluding steroid dienone is 2. The minimum Gasteiger partial charge on any atom is -0.394 e. The normalized spacial score (nSPS) is 12.9. The molecule has 0 rings (SSSR count). The fourth-order valence-electron chi connectivity index (χ4n) is 7.95. The van der Waals surface area contributed by atoms with Gasteiger partial charge in [-0.15, -0.1) is 0 Å². The van der Waals surface area contributed by atoms with E-state index in [1.54, 1.807) is 0 Å². The van der Waals surface area contributed by atoms with Crippen molar-refractivity contribution >= 4 is 5.91 Å². The number of hydrogen-bond acceptors (Lipinski definition) is 3. The summed E-state index contributed by atoms with van der Waals surface area (Å²) in [6, 6.07) is -0.534. The molecule has 2 unspecified atom stereocenters. The third-order valence-electron chi connectivity index (χ3n) is 11.8. The SMILES string of the molecule is CCCCCCCCCCCCCC/C=C\CCCCCCCCCCCC(=O)NC(CO)C(O)CCCCCCCCCCCCCCCCCCC. The van der Waals surface area contributed by atoms with Crippen molar-refractivity contribution in [3.05, 3.63) is 12.2 Å². The molecule has 0 heterocycles. The highest BCUT2D eigenvalue weighted by Crippen LogP contribution is 2.17. The third-order valence-corrected chi connectivity index (χ3v) is 11.8. The van der Waals surface area contributed by atoms with Crippen LogP contribution in [0.2, 0.25) is 0 Å². The van der Waals surface area contributed by atoms with E-state index in [1.807, 2.05) is 0 Å². The van der Waals surface area contributed by atoms with Gasteiger partial charge in [0.2, 0.25) is 5.91 Å². The van der Waals surface area contributed by atoms with Gasteiger partial charge in [-0.25, -0.2) is 0 Å². The van der Waals surface area contributed by atoms with Crippen molar-refractivity contribution < 1.29 is 15.0 Å². The Morgan fingerprint density at radius 1 is 0.426 bits per heavy atom. The second kappa shape index (κ2) is 46.5. The first kappa shape index (κ1) is 53.1. The van der Waals surface area contributed by atoms with E-state index in [0.29, 0.717) is 12.8 Å². The number of carbonyl (C=O) groups is 1. The van der Waals surface area contributed by atoms with Crippen LogP contribution in [-0.4, -0.2) is 34.9 Å². The Kier molecular flexibility index (Phi) is 45.8. The van der Waals surface area contributed by atoms with Gasteiger partial charge in [0.25, 0.3) is 0 Å². The van der Waals surface area contributed by atoms with E-state index < -0.39 is 12.1 Å². The lowest BCUT2D eigenvalue weighted by Gasteiger charge is -2.22. The van der Waals surface area contributed by atoms with Gasteiger partial charge in [-0.05, 0) is 38.5 Å². The zero-order chi connectivity index (χ0) is 39.3. The van der Waals surface area contributed by atoms with Crippen molar-refractivity contribution in [3.63, 3.8) is 0 Å². The van der Waals surface area contributed by atoms with Gasteiger partial charge in [-0.1, -0.05) is 251 Å². The van der Waals surface area contributed by atoms with Gasteiger partial charge in [0, 0.05) is 6.42 Å². The zero-order valence-corrected chi connectivity index (χ0v) is 37.0. The molecule has 0 saturated carbocycles. The summed E-state index contributed by atoms with van der Waals surface area (Å²) in [5, 5.41) is 23.2. The van der Waals surface area contributed by atoms with Crippen molar-refractivity contribution in [1.82, 2.24) is 5.32 Å². The Bertz CT molecular complexity index is 739. The first-order valence-electron chi connectivity index (χ1n) is 24.9. The average Bonchev–Trinajstić information content (AvgIpc) is 3.18. The molecule has 4 nitrogen and oxygen atoms in total. The van der Waals surface area contributed by atoms with Gasteiger partial charge in [0.15, 0.2) is 0 Å². The zero-order valence-electron chi connectivity index (χ0n) is 37.0. The Labute approximate surface area is 339 Å². The summed E-state index contributed by atoms with van der Waals surface area (Å²) in [7, 11) is 0. The van der Waals surface area contributed by atoms with Crippen molar-refractivity contribution in [2.24, 2.45) is 0 Å². The second-order valence-electron chi connectivity index (χ2n) is 17.2. The molecule has 0 bridgehead atoms. The first-order valence-corrected chi connectivity index (χ1v) is 24.9. The maximum Gasteiger partial charge on any atom is 0.220 e. The van der Waals surface area contributed by atoms with Gasteiger partial charge in [-0.2, -0.15) is 0 Å². The topological polar surface area (TPSA) is 69.6 Å². The predicted octanol–water partition coefficient (Wildman–Crippen LogP) is 15.8. The van der Waals surface area contributed by atoms with E-state index in [1.165, 1.54) is 231 Å². The van der Waals surface area contributed by atoms with Crippen molar-refractivity contribution in [2.45, 2.75) is 296 Å². The number of unbranched alkanes of at least 4 members (excludes halogenated alkanes) is 37. The summed E-state index contributed by atoms with van der Waals surface area (Å²) >= 11 is 0. The molecule has 54 heavy (non-hydrogen) atoms. The maximum atomic E-state index is 12.4. The Balaban J connectivity index is 3.46. The van der Waals surface area contributed by atoms with Crippen LogP contribution in [0, 0.1) is 0 Å². The van der Waals surface area contributed by atoms with Crippen molar-refractivity contribution in [3.8, 4) is 0 Å². The molecule has 0 aliphatic carbocycles. The summed E-state index contributed by atoms with van der Waals surface area (Å²) < 4.78 is 0.